The lowest BCUT2D eigenvalue weighted by molar-refractivity contribution is -0.120. The minimum absolute atomic E-state index is 0.0448. The van der Waals surface area contributed by atoms with Gasteiger partial charge in [0.15, 0.2) is 0 Å². The Morgan fingerprint density at radius 3 is 2.29 bits per heavy atom. The van der Waals surface area contributed by atoms with Gasteiger partial charge >= 0.3 is 0 Å². The molecule has 0 saturated carbocycles. The van der Waals surface area contributed by atoms with E-state index < -0.39 is 11.8 Å². The van der Waals surface area contributed by atoms with E-state index in [0.717, 1.165) is 4.90 Å². The number of rotatable bonds is 6. The van der Waals surface area contributed by atoms with Crippen LogP contribution in [0.5, 0.6) is 0 Å². The molecule has 1 aliphatic rings. The van der Waals surface area contributed by atoms with E-state index in [0.29, 0.717) is 27.7 Å². The molecule has 2 heterocycles. The topological polar surface area (TPSA) is 91.7 Å². The summed E-state index contributed by atoms with van der Waals surface area (Å²) in [7, 11) is 0. The summed E-state index contributed by atoms with van der Waals surface area (Å²) in [6, 6.07) is 16.2. The van der Waals surface area contributed by atoms with Crippen LogP contribution in [0, 0.1) is 0 Å². The van der Waals surface area contributed by atoms with Gasteiger partial charge in [-0.15, -0.1) is 0 Å². The Labute approximate surface area is 187 Å². The van der Waals surface area contributed by atoms with Crippen molar-refractivity contribution in [3.63, 3.8) is 0 Å². The molecule has 2 N–H and O–H groups in total. The third kappa shape index (κ3) is 4.33. The van der Waals surface area contributed by atoms with Gasteiger partial charge in [-0.3, -0.25) is 14.4 Å². The van der Waals surface area contributed by atoms with Crippen molar-refractivity contribution >= 4 is 52.3 Å². The zero-order chi connectivity index (χ0) is 22.0. The highest BCUT2D eigenvalue weighted by molar-refractivity contribution is 6.53. The van der Waals surface area contributed by atoms with Gasteiger partial charge in [0.05, 0.1) is 18.5 Å². The third-order valence-corrected chi connectivity index (χ3v) is 5.13. The molecule has 2 aromatic carbocycles. The van der Waals surface area contributed by atoms with Crippen LogP contribution in [-0.4, -0.2) is 17.7 Å². The first-order valence-electron chi connectivity index (χ1n) is 9.16. The van der Waals surface area contributed by atoms with Gasteiger partial charge in [0.2, 0.25) is 0 Å². The number of benzene rings is 2. The van der Waals surface area contributed by atoms with E-state index in [4.69, 9.17) is 27.6 Å². The minimum atomic E-state index is -0.634. The fourth-order valence-electron chi connectivity index (χ4n) is 2.97. The van der Waals surface area contributed by atoms with Gasteiger partial charge in [0.25, 0.3) is 17.7 Å². The molecule has 0 saturated heterocycles. The molecule has 1 aliphatic heterocycles. The Hall–Kier alpha value is -3.55. The zero-order valence-electron chi connectivity index (χ0n) is 15.9. The second-order valence-electron chi connectivity index (χ2n) is 6.58. The molecule has 7 nitrogen and oxygen atoms in total. The van der Waals surface area contributed by atoms with Crippen molar-refractivity contribution in [2.75, 3.05) is 10.2 Å². The zero-order valence-corrected chi connectivity index (χ0v) is 17.4. The second-order valence-corrected chi connectivity index (χ2v) is 7.39. The summed E-state index contributed by atoms with van der Waals surface area (Å²) < 4.78 is 5.18. The summed E-state index contributed by atoms with van der Waals surface area (Å²) in [5.41, 5.74) is 1.23. The molecule has 31 heavy (non-hydrogen) atoms. The highest BCUT2D eigenvalue weighted by Crippen LogP contribution is 2.30. The Balaban J connectivity index is 1.44. The van der Waals surface area contributed by atoms with Gasteiger partial charge in [-0.2, -0.15) is 0 Å². The normalized spacial score (nSPS) is 13.7. The maximum Gasteiger partial charge on any atom is 0.283 e. The monoisotopic (exact) mass is 455 g/mol. The van der Waals surface area contributed by atoms with Crippen molar-refractivity contribution in [3.8, 4) is 0 Å². The standard InChI is InChI=1S/C22H15Cl2N3O4/c23-14-5-9-16(10-6-14)27-21(29)18(24)19(22(27)30)26-15-7-3-13(4-8-15)20(28)25-12-17-2-1-11-31-17/h1-11,26H,12H2,(H,25,28). The fraction of sp³-hybridized carbons (Fsp3) is 0.0455. The largest absolute Gasteiger partial charge is 0.467 e. The van der Waals surface area contributed by atoms with E-state index in [9.17, 15) is 14.4 Å². The van der Waals surface area contributed by atoms with Crippen molar-refractivity contribution in [2.24, 2.45) is 0 Å². The SMILES string of the molecule is O=C(NCc1ccco1)c1ccc(NC2=C(Cl)C(=O)N(c3ccc(Cl)cc3)C2=O)cc1. The summed E-state index contributed by atoms with van der Waals surface area (Å²) in [5, 5.41) is 5.87. The maximum absolute atomic E-state index is 12.8. The summed E-state index contributed by atoms with van der Waals surface area (Å²) in [6.07, 6.45) is 1.53. The van der Waals surface area contributed by atoms with Crippen LogP contribution >= 0.6 is 23.2 Å². The fourth-order valence-corrected chi connectivity index (χ4v) is 3.31. The third-order valence-electron chi connectivity index (χ3n) is 4.53. The van der Waals surface area contributed by atoms with Crippen LogP contribution in [0.25, 0.3) is 0 Å². The molecule has 0 fully saturated rings. The van der Waals surface area contributed by atoms with Gasteiger partial charge < -0.3 is 15.1 Å². The van der Waals surface area contributed by atoms with Crippen LogP contribution in [0.15, 0.2) is 82.1 Å². The van der Waals surface area contributed by atoms with Crippen molar-refractivity contribution in [2.45, 2.75) is 6.54 Å². The number of carbonyl (C=O) groups is 3. The molecule has 0 radical (unpaired) electrons. The molecule has 4 rings (SSSR count). The molecule has 3 amide bonds. The molecule has 0 spiro atoms. The van der Waals surface area contributed by atoms with E-state index in [1.807, 2.05) is 0 Å². The Kier molecular flexibility index (Phi) is 5.79. The summed E-state index contributed by atoms with van der Waals surface area (Å²) >= 11 is 12.0. The highest BCUT2D eigenvalue weighted by Gasteiger charge is 2.38. The molecule has 3 aromatic rings. The first-order chi connectivity index (χ1) is 14.9. The molecule has 1 aromatic heterocycles. The molecule has 0 unspecified atom stereocenters. The first kappa shape index (κ1) is 20.7. The minimum Gasteiger partial charge on any atom is -0.467 e. The number of hydrogen-bond acceptors (Lipinski definition) is 5. The number of nitrogens with zero attached hydrogens (tertiary/aromatic N) is 1. The van der Waals surface area contributed by atoms with Crippen molar-refractivity contribution in [1.82, 2.24) is 5.32 Å². The lowest BCUT2D eigenvalue weighted by atomic mass is 10.2. The van der Waals surface area contributed by atoms with Crippen LogP contribution < -0.4 is 15.5 Å². The summed E-state index contributed by atoms with van der Waals surface area (Å²) in [4.78, 5) is 38.5. The summed E-state index contributed by atoms with van der Waals surface area (Å²) in [6.45, 7) is 0.269. The van der Waals surface area contributed by atoms with Crippen molar-refractivity contribution < 1.29 is 18.8 Å². The number of furan rings is 1. The number of imide groups is 1. The number of carbonyl (C=O) groups excluding carboxylic acids is 3. The van der Waals surface area contributed by atoms with E-state index in [1.165, 1.54) is 6.26 Å². The van der Waals surface area contributed by atoms with Crippen molar-refractivity contribution in [1.29, 1.82) is 0 Å². The van der Waals surface area contributed by atoms with Gasteiger partial charge in [-0.1, -0.05) is 23.2 Å². The van der Waals surface area contributed by atoms with E-state index in [2.05, 4.69) is 10.6 Å². The highest BCUT2D eigenvalue weighted by atomic mass is 35.5. The van der Waals surface area contributed by atoms with Crippen LogP contribution in [-0.2, 0) is 16.1 Å². The Morgan fingerprint density at radius 2 is 1.65 bits per heavy atom. The van der Waals surface area contributed by atoms with Crippen LogP contribution in [0.4, 0.5) is 11.4 Å². The molecular formula is C22H15Cl2N3O4. The molecular weight excluding hydrogens is 441 g/mol. The van der Waals surface area contributed by atoms with Crippen LogP contribution in [0.3, 0.4) is 0 Å². The maximum atomic E-state index is 12.8. The van der Waals surface area contributed by atoms with Gasteiger partial charge in [0, 0.05) is 16.3 Å². The predicted molar refractivity (Wildman–Crippen MR) is 117 cm³/mol. The second kappa shape index (κ2) is 8.67. The Morgan fingerprint density at radius 1 is 0.935 bits per heavy atom. The number of hydrogen-bond donors (Lipinski definition) is 2. The van der Waals surface area contributed by atoms with E-state index in [1.54, 1.807) is 60.7 Å². The molecule has 156 valence electrons. The van der Waals surface area contributed by atoms with Crippen LogP contribution in [0.2, 0.25) is 5.02 Å². The van der Waals surface area contributed by atoms with Crippen LogP contribution in [0.1, 0.15) is 16.1 Å². The lowest BCUT2D eigenvalue weighted by Gasteiger charge is -2.15. The van der Waals surface area contributed by atoms with Gasteiger partial charge in [0.1, 0.15) is 16.5 Å². The van der Waals surface area contributed by atoms with Gasteiger partial charge in [-0.25, -0.2) is 4.90 Å². The molecule has 0 atom stereocenters. The average molecular weight is 456 g/mol. The number of amides is 3. The quantitative estimate of drug-likeness (QED) is 0.540. The first-order valence-corrected chi connectivity index (χ1v) is 9.91. The number of anilines is 2. The molecule has 9 heteroatoms. The predicted octanol–water partition coefficient (Wildman–Crippen LogP) is 4.30. The van der Waals surface area contributed by atoms with Gasteiger partial charge in [-0.05, 0) is 60.7 Å². The number of halogens is 2. The average Bonchev–Trinajstić information content (AvgIpc) is 3.37. The van der Waals surface area contributed by atoms with E-state index in [-0.39, 0.29) is 23.2 Å². The molecule has 0 bridgehead atoms. The van der Waals surface area contributed by atoms with E-state index >= 15 is 0 Å². The number of nitrogens with one attached hydrogen (secondary N) is 2. The summed E-state index contributed by atoms with van der Waals surface area (Å²) in [5.74, 6) is -0.855. The van der Waals surface area contributed by atoms with Crippen molar-refractivity contribution in [3.05, 3.63) is 94.0 Å². The molecule has 0 aliphatic carbocycles. The smallest absolute Gasteiger partial charge is 0.283 e. The lowest BCUT2D eigenvalue weighted by Crippen LogP contribution is -2.32. The Bertz CT molecular complexity index is 1170.